The Morgan fingerprint density at radius 2 is 2.13 bits per heavy atom. The van der Waals surface area contributed by atoms with Crippen LogP contribution in [0.25, 0.3) is 0 Å². The third-order valence-corrected chi connectivity index (χ3v) is 2.99. The summed E-state index contributed by atoms with van der Waals surface area (Å²) in [6.07, 6.45) is 6.60. The maximum Gasteiger partial charge on any atom is 0.142 e. The van der Waals surface area contributed by atoms with Gasteiger partial charge in [0.05, 0.1) is 12.8 Å². The van der Waals surface area contributed by atoms with E-state index in [2.05, 4.69) is 11.4 Å². The first-order valence-corrected chi connectivity index (χ1v) is 5.71. The number of anilines is 1. The molecule has 1 aromatic carbocycles. The molecule has 2 rings (SSSR count). The number of rotatable bonds is 3. The maximum absolute atomic E-state index is 5.29. The third-order valence-electron chi connectivity index (χ3n) is 2.99. The Labute approximate surface area is 91.6 Å². The van der Waals surface area contributed by atoms with E-state index in [4.69, 9.17) is 4.74 Å². The van der Waals surface area contributed by atoms with Crippen LogP contribution in [0.15, 0.2) is 18.2 Å². The van der Waals surface area contributed by atoms with Gasteiger partial charge in [0.1, 0.15) is 5.75 Å². The van der Waals surface area contributed by atoms with Crippen molar-refractivity contribution in [2.45, 2.75) is 38.1 Å². The molecule has 81 valence electrons. The molecule has 0 amide bonds. The number of para-hydroxylation sites is 1. The van der Waals surface area contributed by atoms with Crippen molar-refractivity contribution in [3.63, 3.8) is 0 Å². The van der Waals surface area contributed by atoms with Crippen LogP contribution in [-0.2, 0) is 0 Å². The van der Waals surface area contributed by atoms with Crippen LogP contribution in [0.4, 0.5) is 5.69 Å². The summed E-state index contributed by atoms with van der Waals surface area (Å²) in [6, 6.07) is 9.65. The standard InChI is InChI=1S/C13H18NO/c1-15-13-10-6-5-9-12(13)14-11-7-3-2-4-8-11/h5-6,10-11,14H,2-4,7-8H2,1H3. The Hall–Kier alpha value is -1.18. The van der Waals surface area contributed by atoms with Gasteiger partial charge in [0.25, 0.3) is 0 Å². The van der Waals surface area contributed by atoms with Crippen molar-refractivity contribution < 1.29 is 4.74 Å². The summed E-state index contributed by atoms with van der Waals surface area (Å²) in [4.78, 5) is 0. The molecule has 1 saturated carbocycles. The van der Waals surface area contributed by atoms with Crippen LogP contribution in [0.5, 0.6) is 5.75 Å². The van der Waals surface area contributed by atoms with E-state index in [1.54, 1.807) is 7.11 Å². The Kier molecular flexibility index (Phi) is 3.49. The normalized spacial score (nSPS) is 17.4. The van der Waals surface area contributed by atoms with E-state index < -0.39 is 0 Å². The van der Waals surface area contributed by atoms with Crippen LogP contribution in [0.1, 0.15) is 32.1 Å². The van der Waals surface area contributed by atoms with Crippen LogP contribution < -0.4 is 10.1 Å². The minimum Gasteiger partial charge on any atom is -0.495 e. The molecule has 2 heteroatoms. The lowest BCUT2D eigenvalue weighted by Crippen LogP contribution is -2.22. The molecule has 1 radical (unpaired) electrons. The van der Waals surface area contributed by atoms with E-state index in [9.17, 15) is 0 Å². The summed E-state index contributed by atoms with van der Waals surface area (Å²) in [6.45, 7) is 0. The van der Waals surface area contributed by atoms with Gasteiger partial charge in [-0.2, -0.15) is 0 Å². The van der Waals surface area contributed by atoms with Crippen molar-refractivity contribution in [3.05, 3.63) is 24.3 Å². The number of benzene rings is 1. The molecule has 1 N–H and O–H groups in total. The molecule has 0 heterocycles. The van der Waals surface area contributed by atoms with Gasteiger partial charge in [0.2, 0.25) is 0 Å². The summed E-state index contributed by atoms with van der Waals surface area (Å²) in [5.41, 5.74) is 1.01. The second-order valence-electron chi connectivity index (χ2n) is 4.09. The highest BCUT2D eigenvalue weighted by Crippen LogP contribution is 2.27. The number of methoxy groups -OCH3 is 1. The SMILES string of the molecule is COc1ccc[c]c1NC1CCCCC1. The molecular formula is C13H18NO. The number of ether oxygens (including phenoxy) is 1. The van der Waals surface area contributed by atoms with E-state index in [0.29, 0.717) is 6.04 Å². The van der Waals surface area contributed by atoms with Gasteiger partial charge in [-0.25, -0.2) is 0 Å². The second kappa shape index (κ2) is 5.06. The van der Waals surface area contributed by atoms with Crippen LogP contribution >= 0.6 is 0 Å². The van der Waals surface area contributed by atoms with E-state index in [0.717, 1.165) is 11.4 Å². The second-order valence-corrected chi connectivity index (χ2v) is 4.09. The van der Waals surface area contributed by atoms with Gasteiger partial charge in [0.15, 0.2) is 0 Å². The van der Waals surface area contributed by atoms with Crippen LogP contribution in [0, 0.1) is 6.07 Å². The lowest BCUT2D eigenvalue weighted by atomic mass is 9.95. The van der Waals surface area contributed by atoms with Crippen molar-refractivity contribution in [1.29, 1.82) is 0 Å². The molecule has 0 spiro atoms. The van der Waals surface area contributed by atoms with E-state index in [-0.39, 0.29) is 0 Å². The average Bonchev–Trinajstić information content (AvgIpc) is 2.31. The predicted octanol–water partition coefficient (Wildman–Crippen LogP) is 3.24. The molecule has 15 heavy (non-hydrogen) atoms. The van der Waals surface area contributed by atoms with Gasteiger partial charge >= 0.3 is 0 Å². The smallest absolute Gasteiger partial charge is 0.142 e. The maximum atomic E-state index is 5.29. The van der Waals surface area contributed by atoms with E-state index >= 15 is 0 Å². The lowest BCUT2D eigenvalue weighted by Gasteiger charge is -2.24. The molecule has 0 aromatic heterocycles. The van der Waals surface area contributed by atoms with Crippen LogP contribution in [0.3, 0.4) is 0 Å². The quantitative estimate of drug-likeness (QED) is 0.816. The monoisotopic (exact) mass is 204 g/mol. The van der Waals surface area contributed by atoms with Gasteiger partial charge in [-0.05, 0) is 18.9 Å². The largest absolute Gasteiger partial charge is 0.495 e. The molecule has 0 saturated heterocycles. The zero-order valence-corrected chi connectivity index (χ0v) is 9.25. The van der Waals surface area contributed by atoms with Gasteiger partial charge in [-0.15, -0.1) is 0 Å². The fourth-order valence-electron chi connectivity index (χ4n) is 2.16. The zero-order chi connectivity index (χ0) is 10.5. The molecule has 0 bridgehead atoms. The fourth-order valence-corrected chi connectivity index (χ4v) is 2.16. The highest BCUT2D eigenvalue weighted by molar-refractivity contribution is 5.55. The van der Waals surface area contributed by atoms with Gasteiger partial charge in [-0.1, -0.05) is 31.4 Å². The number of hydrogen-bond acceptors (Lipinski definition) is 2. The minimum absolute atomic E-state index is 0.603. The fraction of sp³-hybridized carbons (Fsp3) is 0.538. The first kappa shape index (κ1) is 10.3. The number of nitrogens with one attached hydrogen (secondary N) is 1. The first-order valence-electron chi connectivity index (χ1n) is 5.71. The predicted molar refractivity (Wildman–Crippen MR) is 62.3 cm³/mol. The zero-order valence-electron chi connectivity index (χ0n) is 9.25. The highest BCUT2D eigenvalue weighted by atomic mass is 16.5. The Morgan fingerprint density at radius 1 is 1.33 bits per heavy atom. The molecule has 1 aromatic rings. The molecule has 0 aliphatic heterocycles. The summed E-state index contributed by atoms with van der Waals surface area (Å²) in [5.74, 6) is 0.892. The molecule has 0 atom stereocenters. The van der Waals surface area contributed by atoms with E-state index in [1.807, 2.05) is 18.2 Å². The number of hydrogen-bond donors (Lipinski definition) is 1. The van der Waals surface area contributed by atoms with Gasteiger partial charge in [-0.3, -0.25) is 0 Å². The Morgan fingerprint density at radius 3 is 2.87 bits per heavy atom. The van der Waals surface area contributed by atoms with Crippen molar-refractivity contribution >= 4 is 5.69 Å². The van der Waals surface area contributed by atoms with Gasteiger partial charge in [0, 0.05) is 12.1 Å². The average molecular weight is 204 g/mol. The molecule has 1 aliphatic carbocycles. The third kappa shape index (κ3) is 2.65. The lowest BCUT2D eigenvalue weighted by molar-refractivity contribution is 0.413. The van der Waals surface area contributed by atoms with Gasteiger partial charge < -0.3 is 10.1 Å². The van der Waals surface area contributed by atoms with Crippen molar-refractivity contribution in [1.82, 2.24) is 0 Å². The molecule has 0 unspecified atom stereocenters. The summed E-state index contributed by atoms with van der Waals surface area (Å²) in [7, 11) is 1.70. The molecule has 2 nitrogen and oxygen atoms in total. The van der Waals surface area contributed by atoms with Crippen molar-refractivity contribution in [3.8, 4) is 5.75 Å². The summed E-state index contributed by atoms with van der Waals surface area (Å²) in [5, 5.41) is 3.52. The Balaban J connectivity index is 2.02. The molecule has 1 fully saturated rings. The topological polar surface area (TPSA) is 21.3 Å². The molecule has 1 aliphatic rings. The van der Waals surface area contributed by atoms with Crippen molar-refractivity contribution in [2.24, 2.45) is 0 Å². The van der Waals surface area contributed by atoms with Crippen LogP contribution in [0.2, 0.25) is 0 Å². The van der Waals surface area contributed by atoms with Crippen molar-refractivity contribution in [2.75, 3.05) is 12.4 Å². The van der Waals surface area contributed by atoms with E-state index in [1.165, 1.54) is 32.1 Å². The highest BCUT2D eigenvalue weighted by Gasteiger charge is 2.14. The van der Waals surface area contributed by atoms with Crippen LogP contribution in [-0.4, -0.2) is 13.2 Å². The molecular weight excluding hydrogens is 186 g/mol. The minimum atomic E-state index is 0.603. The summed E-state index contributed by atoms with van der Waals surface area (Å²) >= 11 is 0. The first-order chi connectivity index (χ1) is 7.40. The summed E-state index contributed by atoms with van der Waals surface area (Å²) < 4.78 is 5.29. The Bertz CT molecular complexity index is 305.